The summed E-state index contributed by atoms with van der Waals surface area (Å²) in [6.45, 7) is 2.55. The van der Waals surface area contributed by atoms with Gasteiger partial charge in [-0.25, -0.2) is 0 Å². The summed E-state index contributed by atoms with van der Waals surface area (Å²) in [6, 6.07) is 0. The fourth-order valence-electron chi connectivity index (χ4n) is 2.00. The van der Waals surface area contributed by atoms with Crippen LogP contribution in [-0.4, -0.2) is 54.7 Å². The monoisotopic (exact) mass is 284 g/mol. The Morgan fingerprint density at radius 1 is 1.10 bits per heavy atom. The van der Waals surface area contributed by atoms with E-state index in [-0.39, 0.29) is 30.8 Å². The molecule has 4 N–H and O–H groups in total. The Balaban J connectivity index is 2.30. The highest BCUT2D eigenvalue weighted by Crippen LogP contribution is 2.16. The fraction of sp³-hybridized carbons (Fsp3) is 0.667. The van der Waals surface area contributed by atoms with Gasteiger partial charge in [0, 0.05) is 39.0 Å². The Bertz CT molecular complexity index is 402. The SMILES string of the molecule is CC(=O)NCCNC(=O)C(=O)N1CCC(C(N)=O)CC1. The predicted octanol–water partition coefficient (Wildman–Crippen LogP) is -2.04. The van der Waals surface area contributed by atoms with Gasteiger partial charge in [-0.1, -0.05) is 0 Å². The van der Waals surface area contributed by atoms with E-state index in [0.717, 1.165) is 0 Å². The maximum Gasteiger partial charge on any atom is 0.311 e. The Morgan fingerprint density at radius 3 is 2.15 bits per heavy atom. The Kier molecular flexibility index (Phi) is 5.95. The molecule has 0 aromatic carbocycles. The third-order valence-corrected chi connectivity index (χ3v) is 3.16. The van der Waals surface area contributed by atoms with Gasteiger partial charge in [0.2, 0.25) is 11.8 Å². The molecule has 20 heavy (non-hydrogen) atoms. The van der Waals surface area contributed by atoms with Crippen LogP contribution in [0.1, 0.15) is 19.8 Å². The summed E-state index contributed by atoms with van der Waals surface area (Å²) in [5.74, 6) is -2.10. The lowest BCUT2D eigenvalue weighted by atomic mass is 9.96. The first kappa shape index (κ1) is 15.9. The van der Waals surface area contributed by atoms with E-state index in [9.17, 15) is 19.2 Å². The zero-order chi connectivity index (χ0) is 15.1. The molecular formula is C12H20N4O4. The highest BCUT2D eigenvalue weighted by Gasteiger charge is 2.28. The van der Waals surface area contributed by atoms with Crippen molar-refractivity contribution >= 4 is 23.6 Å². The molecule has 0 saturated carbocycles. The van der Waals surface area contributed by atoms with Crippen molar-refractivity contribution in [1.82, 2.24) is 15.5 Å². The van der Waals surface area contributed by atoms with Gasteiger partial charge < -0.3 is 21.3 Å². The van der Waals surface area contributed by atoms with Crippen LogP contribution >= 0.6 is 0 Å². The standard InChI is InChI=1S/C12H20N4O4/c1-8(17)14-4-5-15-11(19)12(20)16-6-2-9(3-7-16)10(13)18/h9H,2-7H2,1H3,(H2,13,18)(H,14,17)(H,15,19). The van der Waals surface area contributed by atoms with Crippen LogP contribution in [0.4, 0.5) is 0 Å². The number of primary amides is 1. The van der Waals surface area contributed by atoms with Crippen LogP contribution in [0.5, 0.6) is 0 Å². The molecule has 0 spiro atoms. The molecule has 1 aliphatic rings. The summed E-state index contributed by atoms with van der Waals surface area (Å²) in [7, 11) is 0. The van der Waals surface area contributed by atoms with Gasteiger partial charge in [0.1, 0.15) is 0 Å². The van der Waals surface area contributed by atoms with E-state index < -0.39 is 11.8 Å². The molecule has 1 rings (SSSR count). The third-order valence-electron chi connectivity index (χ3n) is 3.16. The third kappa shape index (κ3) is 4.87. The number of hydrogen-bond acceptors (Lipinski definition) is 4. The molecule has 0 unspecified atom stereocenters. The first-order valence-corrected chi connectivity index (χ1v) is 6.52. The fourth-order valence-corrected chi connectivity index (χ4v) is 2.00. The number of amides is 4. The molecule has 8 nitrogen and oxygen atoms in total. The van der Waals surface area contributed by atoms with Gasteiger partial charge in [-0.3, -0.25) is 19.2 Å². The lowest BCUT2D eigenvalue weighted by Gasteiger charge is -2.29. The van der Waals surface area contributed by atoms with Crippen molar-refractivity contribution in [3.63, 3.8) is 0 Å². The highest BCUT2D eigenvalue weighted by atomic mass is 16.2. The van der Waals surface area contributed by atoms with E-state index >= 15 is 0 Å². The summed E-state index contributed by atoms with van der Waals surface area (Å²) in [5, 5.41) is 4.94. The van der Waals surface area contributed by atoms with Crippen LogP contribution in [-0.2, 0) is 19.2 Å². The van der Waals surface area contributed by atoms with Crippen molar-refractivity contribution in [2.24, 2.45) is 11.7 Å². The number of rotatable bonds is 4. The van der Waals surface area contributed by atoms with Crippen molar-refractivity contribution in [2.45, 2.75) is 19.8 Å². The molecule has 0 aliphatic carbocycles. The second kappa shape index (κ2) is 7.46. The van der Waals surface area contributed by atoms with Gasteiger partial charge in [0.25, 0.3) is 0 Å². The minimum Gasteiger partial charge on any atom is -0.369 e. The van der Waals surface area contributed by atoms with E-state index in [1.165, 1.54) is 11.8 Å². The van der Waals surface area contributed by atoms with Crippen molar-refractivity contribution in [1.29, 1.82) is 0 Å². The Labute approximate surface area is 117 Å². The quantitative estimate of drug-likeness (QED) is 0.407. The predicted molar refractivity (Wildman–Crippen MR) is 70.2 cm³/mol. The van der Waals surface area contributed by atoms with Gasteiger partial charge >= 0.3 is 11.8 Å². The van der Waals surface area contributed by atoms with Gasteiger partial charge in [0.15, 0.2) is 0 Å². The molecular weight excluding hydrogens is 264 g/mol. The smallest absolute Gasteiger partial charge is 0.311 e. The highest BCUT2D eigenvalue weighted by molar-refractivity contribution is 6.35. The number of likely N-dealkylation sites (tertiary alicyclic amines) is 1. The first-order valence-electron chi connectivity index (χ1n) is 6.52. The molecule has 0 atom stereocenters. The summed E-state index contributed by atoms with van der Waals surface area (Å²) in [5.41, 5.74) is 5.20. The summed E-state index contributed by atoms with van der Waals surface area (Å²) >= 11 is 0. The molecule has 112 valence electrons. The minimum atomic E-state index is -0.701. The van der Waals surface area contributed by atoms with Crippen molar-refractivity contribution in [3.05, 3.63) is 0 Å². The normalized spacial score (nSPS) is 15.6. The molecule has 0 bridgehead atoms. The maximum atomic E-state index is 11.8. The van der Waals surface area contributed by atoms with Crippen LogP contribution in [0.25, 0.3) is 0 Å². The van der Waals surface area contributed by atoms with Crippen molar-refractivity contribution < 1.29 is 19.2 Å². The summed E-state index contributed by atoms with van der Waals surface area (Å²) < 4.78 is 0. The number of carbonyl (C=O) groups is 4. The van der Waals surface area contributed by atoms with E-state index in [1.807, 2.05) is 0 Å². The van der Waals surface area contributed by atoms with Gasteiger partial charge in [-0.15, -0.1) is 0 Å². The van der Waals surface area contributed by atoms with E-state index in [2.05, 4.69) is 10.6 Å². The zero-order valence-electron chi connectivity index (χ0n) is 11.5. The van der Waals surface area contributed by atoms with E-state index in [4.69, 9.17) is 5.73 Å². The summed E-state index contributed by atoms with van der Waals surface area (Å²) in [6.07, 6.45) is 0.973. The van der Waals surface area contributed by atoms with Crippen LogP contribution < -0.4 is 16.4 Å². The number of nitrogens with two attached hydrogens (primary N) is 1. The number of nitrogens with one attached hydrogen (secondary N) is 2. The van der Waals surface area contributed by atoms with Gasteiger partial charge in [0.05, 0.1) is 0 Å². The summed E-state index contributed by atoms with van der Waals surface area (Å²) in [4.78, 5) is 46.4. The van der Waals surface area contributed by atoms with Crippen molar-refractivity contribution in [2.75, 3.05) is 26.2 Å². The number of nitrogens with zero attached hydrogens (tertiary/aromatic N) is 1. The minimum absolute atomic E-state index is 0.195. The lowest BCUT2D eigenvalue weighted by Crippen LogP contribution is -2.48. The molecule has 1 saturated heterocycles. The second-order valence-corrected chi connectivity index (χ2v) is 4.71. The first-order chi connectivity index (χ1) is 9.41. The molecule has 0 radical (unpaired) electrons. The second-order valence-electron chi connectivity index (χ2n) is 4.71. The molecule has 0 aromatic rings. The average Bonchev–Trinajstić information content (AvgIpc) is 2.42. The molecule has 8 heteroatoms. The Morgan fingerprint density at radius 2 is 1.65 bits per heavy atom. The number of hydrogen-bond donors (Lipinski definition) is 3. The maximum absolute atomic E-state index is 11.8. The molecule has 1 fully saturated rings. The molecule has 0 aromatic heterocycles. The van der Waals surface area contributed by atoms with Crippen LogP contribution in [0.3, 0.4) is 0 Å². The number of carbonyl (C=O) groups excluding carboxylic acids is 4. The molecule has 1 aliphatic heterocycles. The van der Waals surface area contributed by atoms with E-state index in [1.54, 1.807) is 0 Å². The molecule has 1 heterocycles. The largest absolute Gasteiger partial charge is 0.369 e. The van der Waals surface area contributed by atoms with E-state index in [0.29, 0.717) is 25.9 Å². The lowest BCUT2D eigenvalue weighted by molar-refractivity contribution is -0.147. The van der Waals surface area contributed by atoms with Crippen molar-refractivity contribution in [3.8, 4) is 0 Å². The Hall–Kier alpha value is -2.12. The van der Waals surface area contributed by atoms with Gasteiger partial charge in [-0.05, 0) is 12.8 Å². The topological polar surface area (TPSA) is 122 Å². The van der Waals surface area contributed by atoms with Crippen LogP contribution in [0, 0.1) is 5.92 Å². The van der Waals surface area contributed by atoms with Gasteiger partial charge in [-0.2, -0.15) is 0 Å². The zero-order valence-corrected chi connectivity index (χ0v) is 11.5. The van der Waals surface area contributed by atoms with Crippen LogP contribution in [0.2, 0.25) is 0 Å². The molecule has 4 amide bonds. The average molecular weight is 284 g/mol. The number of piperidine rings is 1. The van der Waals surface area contributed by atoms with Crippen LogP contribution in [0.15, 0.2) is 0 Å².